The molecule has 0 radical (unpaired) electrons. The van der Waals surface area contributed by atoms with Crippen LogP contribution in [0.3, 0.4) is 0 Å². The van der Waals surface area contributed by atoms with Crippen LogP contribution < -0.4 is 10.6 Å². The second kappa shape index (κ2) is 6.71. The first-order valence-corrected chi connectivity index (χ1v) is 7.21. The minimum atomic E-state index is 0.103. The summed E-state index contributed by atoms with van der Waals surface area (Å²) in [6.45, 7) is 6.38. The van der Waals surface area contributed by atoms with Crippen molar-refractivity contribution >= 4 is 5.91 Å². The first-order chi connectivity index (χ1) is 9.15. The Balaban J connectivity index is 1.65. The summed E-state index contributed by atoms with van der Waals surface area (Å²) in [7, 11) is 0. The van der Waals surface area contributed by atoms with E-state index in [-0.39, 0.29) is 5.91 Å². The van der Waals surface area contributed by atoms with Crippen LogP contribution in [0, 0.1) is 5.92 Å². The fraction of sp³-hybridized carbons (Fsp3) is 0.562. The summed E-state index contributed by atoms with van der Waals surface area (Å²) >= 11 is 0. The van der Waals surface area contributed by atoms with Crippen molar-refractivity contribution in [1.82, 2.24) is 10.6 Å². The van der Waals surface area contributed by atoms with Crippen molar-refractivity contribution < 1.29 is 4.79 Å². The lowest BCUT2D eigenvalue weighted by Gasteiger charge is -2.08. The van der Waals surface area contributed by atoms with E-state index < -0.39 is 0 Å². The highest BCUT2D eigenvalue weighted by atomic mass is 16.1. The maximum Gasteiger partial charge on any atom is 0.233 e. The fourth-order valence-electron chi connectivity index (χ4n) is 1.98. The van der Waals surface area contributed by atoms with Crippen molar-refractivity contribution in [2.75, 3.05) is 13.1 Å². The lowest BCUT2D eigenvalue weighted by molar-refractivity contribution is -0.120. The fourth-order valence-corrected chi connectivity index (χ4v) is 1.98. The molecule has 19 heavy (non-hydrogen) atoms. The zero-order valence-electron chi connectivity index (χ0n) is 11.9. The molecule has 0 saturated heterocycles. The van der Waals surface area contributed by atoms with Crippen molar-refractivity contribution in [2.45, 2.75) is 39.2 Å². The number of amides is 1. The van der Waals surface area contributed by atoms with Crippen LogP contribution in [0.4, 0.5) is 0 Å². The van der Waals surface area contributed by atoms with Crippen LogP contribution in [0.1, 0.15) is 43.7 Å². The molecule has 104 valence electrons. The number of nitrogens with one attached hydrogen (secondary N) is 2. The Labute approximate surface area is 115 Å². The molecule has 1 saturated carbocycles. The average Bonchev–Trinajstić information content (AvgIpc) is 3.21. The van der Waals surface area contributed by atoms with E-state index in [0.29, 0.717) is 12.5 Å². The van der Waals surface area contributed by atoms with E-state index in [1.54, 1.807) is 0 Å². The quantitative estimate of drug-likeness (QED) is 0.790. The molecule has 2 rings (SSSR count). The van der Waals surface area contributed by atoms with Gasteiger partial charge in [0.1, 0.15) is 0 Å². The summed E-state index contributed by atoms with van der Waals surface area (Å²) in [6, 6.07) is 8.58. The molecule has 0 atom stereocenters. The van der Waals surface area contributed by atoms with Crippen LogP contribution in [0.25, 0.3) is 0 Å². The van der Waals surface area contributed by atoms with Crippen molar-refractivity contribution in [3.05, 3.63) is 35.4 Å². The zero-order valence-corrected chi connectivity index (χ0v) is 11.9. The molecule has 3 nitrogen and oxygen atoms in total. The molecule has 1 amide bonds. The molecular formula is C16H24N2O. The molecule has 0 heterocycles. The Bertz CT molecular complexity index is 407. The highest BCUT2D eigenvalue weighted by Gasteiger charge is 2.21. The Morgan fingerprint density at radius 2 is 1.95 bits per heavy atom. The van der Waals surface area contributed by atoms with Crippen molar-refractivity contribution in [3.8, 4) is 0 Å². The predicted molar refractivity (Wildman–Crippen MR) is 78.0 cm³/mol. The Hall–Kier alpha value is -1.35. The standard InChI is InChI=1S/C16H24N2O/c1-12(2)15-7-5-13(6-8-15)9-17-11-16(19)18-10-14-3-4-14/h5-8,12,14,17H,3-4,9-11H2,1-2H3,(H,18,19). The van der Waals surface area contributed by atoms with E-state index in [1.165, 1.54) is 24.0 Å². The van der Waals surface area contributed by atoms with Gasteiger partial charge in [-0.3, -0.25) is 4.79 Å². The molecule has 3 heteroatoms. The average molecular weight is 260 g/mol. The van der Waals surface area contributed by atoms with Crippen LogP contribution in [-0.4, -0.2) is 19.0 Å². The number of hydrogen-bond acceptors (Lipinski definition) is 2. The smallest absolute Gasteiger partial charge is 0.233 e. The van der Waals surface area contributed by atoms with Crippen LogP contribution in [-0.2, 0) is 11.3 Å². The van der Waals surface area contributed by atoms with Gasteiger partial charge >= 0.3 is 0 Å². The first kappa shape index (κ1) is 14.1. The summed E-state index contributed by atoms with van der Waals surface area (Å²) in [4.78, 5) is 11.5. The molecular weight excluding hydrogens is 236 g/mol. The number of hydrogen-bond donors (Lipinski definition) is 2. The molecule has 1 aliphatic rings. The van der Waals surface area contributed by atoms with Crippen LogP contribution >= 0.6 is 0 Å². The molecule has 1 aliphatic carbocycles. The summed E-state index contributed by atoms with van der Waals surface area (Å²) in [5.41, 5.74) is 2.57. The van der Waals surface area contributed by atoms with E-state index >= 15 is 0 Å². The maximum atomic E-state index is 11.5. The molecule has 1 fully saturated rings. The number of carbonyl (C=O) groups is 1. The summed E-state index contributed by atoms with van der Waals surface area (Å²) < 4.78 is 0. The van der Waals surface area contributed by atoms with Gasteiger partial charge in [-0.15, -0.1) is 0 Å². The van der Waals surface area contributed by atoms with Gasteiger partial charge in [0.15, 0.2) is 0 Å². The van der Waals surface area contributed by atoms with Crippen molar-refractivity contribution in [2.24, 2.45) is 5.92 Å². The van der Waals surface area contributed by atoms with Gasteiger partial charge in [-0.05, 0) is 35.8 Å². The molecule has 0 spiro atoms. The Kier molecular flexibility index (Phi) is 4.97. The van der Waals surface area contributed by atoms with Gasteiger partial charge in [-0.2, -0.15) is 0 Å². The van der Waals surface area contributed by atoms with E-state index in [0.717, 1.165) is 19.0 Å². The minimum absolute atomic E-state index is 0.103. The highest BCUT2D eigenvalue weighted by molar-refractivity contribution is 5.77. The van der Waals surface area contributed by atoms with Gasteiger partial charge in [-0.1, -0.05) is 38.1 Å². The van der Waals surface area contributed by atoms with Crippen LogP contribution in [0.5, 0.6) is 0 Å². The number of benzene rings is 1. The molecule has 2 N–H and O–H groups in total. The third-order valence-electron chi connectivity index (χ3n) is 3.55. The predicted octanol–water partition coefficient (Wildman–Crippen LogP) is 2.43. The van der Waals surface area contributed by atoms with Crippen LogP contribution in [0.2, 0.25) is 0 Å². The summed E-state index contributed by atoms with van der Waals surface area (Å²) in [5, 5.41) is 6.14. The second-order valence-electron chi connectivity index (χ2n) is 5.75. The number of rotatable bonds is 7. The lowest BCUT2D eigenvalue weighted by atomic mass is 10.0. The minimum Gasteiger partial charge on any atom is -0.355 e. The maximum absolute atomic E-state index is 11.5. The van der Waals surface area contributed by atoms with E-state index in [2.05, 4.69) is 48.7 Å². The van der Waals surface area contributed by atoms with Gasteiger partial charge in [0.2, 0.25) is 5.91 Å². The topological polar surface area (TPSA) is 41.1 Å². The summed E-state index contributed by atoms with van der Waals surface area (Å²) in [6.07, 6.45) is 2.55. The van der Waals surface area contributed by atoms with Gasteiger partial charge in [0.25, 0.3) is 0 Å². The normalized spacial score (nSPS) is 14.7. The van der Waals surface area contributed by atoms with E-state index in [9.17, 15) is 4.79 Å². The molecule has 1 aromatic carbocycles. The number of carbonyl (C=O) groups excluding carboxylic acids is 1. The van der Waals surface area contributed by atoms with Crippen LogP contribution in [0.15, 0.2) is 24.3 Å². The highest BCUT2D eigenvalue weighted by Crippen LogP contribution is 2.27. The molecule has 0 unspecified atom stereocenters. The third kappa shape index (κ3) is 5.03. The molecule has 0 aliphatic heterocycles. The Morgan fingerprint density at radius 1 is 1.26 bits per heavy atom. The monoisotopic (exact) mass is 260 g/mol. The van der Waals surface area contributed by atoms with Crippen molar-refractivity contribution in [3.63, 3.8) is 0 Å². The zero-order chi connectivity index (χ0) is 13.7. The molecule has 1 aromatic rings. The molecule has 0 bridgehead atoms. The van der Waals surface area contributed by atoms with Gasteiger partial charge in [-0.25, -0.2) is 0 Å². The SMILES string of the molecule is CC(C)c1ccc(CNCC(=O)NCC2CC2)cc1. The van der Waals surface area contributed by atoms with Gasteiger partial charge in [0.05, 0.1) is 6.54 Å². The van der Waals surface area contributed by atoms with Gasteiger partial charge in [0, 0.05) is 13.1 Å². The summed E-state index contributed by atoms with van der Waals surface area (Å²) in [5.74, 6) is 1.41. The van der Waals surface area contributed by atoms with Gasteiger partial charge < -0.3 is 10.6 Å². The largest absolute Gasteiger partial charge is 0.355 e. The first-order valence-electron chi connectivity index (χ1n) is 7.21. The van der Waals surface area contributed by atoms with Crippen molar-refractivity contribution in [1.29, 1.82) is 0 Å². The third-order valence-corrected chi connectivity index (χ3v) is 3.55. The van der Waals surface area contributed by atoms with E-state index in [4.69, 9.17) is 0 Å². The lowest BCUT2D eigenvalue weighted by Crippen LogP contribution is -2.34. The van der Waals surface area contributed by atoms with E-state index in [1.807, 2.05) is 0 Å². The Morgan fingerprint density at radius 3 is 2.53 bits per heavy atom. The molecule has 0 aromatic heterocycles. The second-order valence-corrected chi connectivity index (χ2v) is 5.75.